The van der Waals surface area contributed by atoms with Gasteiger partial charge >= 0.3 is 0 Å². The summed E-state index contributed by atoms with van der Waals surface area (Å²) in [6.45, 7) is 3.85. The Labute approximate surface area is 132 Å². The fourth-order valence-corrected chi connectivity index (χ4v) is 5.39. The summed E-state index contributed by atoms with van der Waals surface area (Å²) in [7, 11) is -7.19. The van der Waals surface area contributed by atoms with E-state index < -0.39 is 19.9 Å². The molecule has 0 unspecified atom stereocenters. The van der Waals surface area contributed by atoms with Gasteiger partial charge in [0.15, 0.2) is 9.84 Å². The van der Waals surface area contributed by atoms with Gasteiger partial charge in [-0.25, -0.2) is 16.8 Å². The van der Waals surface area contributed by atoms with Crippen LogP contribution in [0.5, 0.6) is 0 Å². The van der Waals surface area contributed by atoms with Crippen molar-refractivity contribution >= 4 is 19.9 Å². The predicted octanol–water partition coefficient (Wildman–Crippen LogP) is 0.899. The Morgan fingerprint density at radius 3 is 2.41 bits per heavy atom. The zero-order chi connectivity index (χ0) is 16.7. The highest BCUT2D eigenvalue weighted by molar-refractivity contribution is 7.91. The maximum atomic E-state index is 12.9. The molecular weight excluding hydrogens is 324 g/mol. The molecule has 1 saturated heterocycles. The highest BCUT2D eigenvalue weighted by Crippen LogP contribution is 2.28. The first-order chi connectivity index (χ1) is 10.0. The molecule has 0 amide bonds. The van der Waals surface area contributed by atoms with Gasteiger partial charge in [-0.1, -0.05) is 6.07 Å². The highest BCUT2D eigenvalue weighted by atomic mass is 32.2. The third kappa shape index (κ3) is 3.34. The zero-order valence-electron chi connectivity index (χ0n) is 13.0. The normalized spacial score (nSPS) is 24.4. The van der Waals surface area contributed by atoms with Gasteiger partial charge in [-0.15, -0.1) is 0 Å². The van der Waals surface area contributed by atoms with Gasteiger partial charge in [-0.3, -0.25) is 0 Å². The number of rotatable bonds is 3. The molecule has 1 heterocycles. The molecule has 0 spiro atoms. The Bertz CT molecular complexity index is 772. The Balaban J connectivity index is 2.50. The van der Waals surface area contributed by atoms with Crippen molar-refractivity contribution in [3.63, 3.8) is 0 Å². The van der Waals surface area contributed by atoms with Gasteiger partial charge in [-0.05, 0) is 44.4 Å². The molecule has 1 fully saturated rings. The number of hydrogen-bond acceptors (Lipinski definition) is 5. The van der Waals surface area contributed by atoms with Crippen molar-refractivity contribution in [2.75, 3.05) is 12.8 Å². The van der Waals surface area contributed by atoms with Crippen LogP contribution in [0.25, 0.3) is 0 Å². The van der Waals surface area contributed by atoms with Crippen LogP contribution in [0.3, 0.4) is 0 Å². The molecule has 8 heteroatoms. The number of sulfone groups is 1. The lowest BCUT2D eigenvalue weighted by molar-refractivity contribution is 0.247. The first-order valence-corrected chi connectivity index (χ1v) is 10.4. The lowest BCUT2D eigenvalue weighted by atomic mass is 10.0. The smallest absolute Gasteiger partial charge is 0.243 e. The largest absolute Gasteiger partial charge is 0.328 e. The molecular formula is C14H22N2O4S2. The van der Waals surface area contributed by atoms with E-state index in [0.29, 0.717) is 24.9 Å². The van der Waals surface area contributed by atoms with E-state index >= 15 is 0 Å². The van der Waals surface area contributed by atoms with Gasteiger partial charge in [0, 0.05) is 24.9 Å². The predicted molar refractivity (Wildman–Crippen MR) is 84.9 cm³/mol. The second-order valence-corrected chi connectivity index (χ2v) is 9.82. The van der Waals surface area contributed by atoms with Crippen LogP contribution in [0.15, 0.2) is 28.0 Å². The van der Waals surface area contributed by atoms with Crippen LogP contribution in [0.2, 0.25) is 0 Å². The van der Waals surface area contributed by atoms with Gasteiger partial charge in [0.2, 0.25) is 10.0 Å². The van der Waals surface area contributed by atoms with Crippen LogP contribution in [-0.4, -0.2) is 46.0 Å². The minimum Gasteiger partial charge on any atom is -0.328 e. The first kappa shape index (κ1) is 17.4. The molecule has 1 aliphatic heterocycles. The summed E-state index contributed by atoms with van der Waals surface area (Å²) < 4.78 is 50.6. The van der Waals surface area contributed by atoms with Gasteiger partial charge in [-0.2, -0.15) is 4.31 Å². The molecule has 0 aromatic heterocycles. The zero-order valence-corrected chi connectivity index (χ0v) is 14.6. The summed E-state index contributed by atoms with van der Waals surface area (Å²) in [4.78, 5) is 0.0655. The maximum Gasteiger partial charge on any atom is 0.243 e. The first-order valence-electron chi connectivity index (χ1n) is 7.11. The molecule has 1 aromatic rings. The van der Waals surface area contributed by atoms with Crippen LogP contribution in [-0.2, 0) is 19.9 Å². The molecule has 22 heavy (non-hydrogen) atoms. The molecule has 1 aliphatic rings. The third-order valence-corrected chi connectivity index (χ3v) is 7.30. The van der Waals surface area contributed by atoms with Crippen LogP contribution in [0.4, 0.5) is 0 Å². The number of piperidine rings is 1. The molecule has 0 bridgehead atoms. The van der Waals surface area contributed by atoms with Crippen LogP contribution in [0, 0.1) is 6.92 Å². The summed E-state index contributed by atoms with van der Waals surface area (Å²) in [5, 5.41) is 0. The van der Waals surface area contributed by atoms with E-state index in [0.717, 1.165) is 6.26 Å². The molecule has 2 rings (SSSR count). The van der Waals surface area contributed by atoms with E-state index in [2.05, 4.69) is 0 Å². The summed E-state index contributed by atoms with van der Waals surface area (Å²) in [6.07, 6.45) is 2.27. The Morgan fingerprint density at radius 1 is 1.23 bits per heavy atom. The van der Waals surface area contributed by atoms with Crippen molar-refractivity contribution in [1.82, 2.24) is 4.31 Å². The average molecular weight is 346 g/mol. The molecule has 124 valence electrons. The Hall–Kier alpha value is -0.960. The van der Waals surface area contributed by atoms with Crippen LogP contribution < -0.4 is 5.73 Å². The fourth-order valence-electron chi connectivity index (χ4n) is 2.76. The number of sulfonamides is 1. The lowest BCUT2D eigenvalue weighted by Crippen LogP contribution is -2.48. The van der Waals surface area contributed by atoms with E-state index in [1.807, 2.05) is 6.92 Å². The van der Waals surface area contributed by atoms with Crippen LogP contribution in [0.1, 0.15) is 25.3 Å². The summed E-state index contributed by atoms with van der Waals surface area (Å²) in [5.74, 6) is 0. The Kier molecular flexibility index (Phi) is 4.68. The number of aryl methyl sites for hydroxylation is 1. The van der Waals surface area contributed by atoms with Crippen molar-refractivity contribution in [1.29, 1.82) is 0 Å². The molecule has 1 aromatic carbocycles. The van der Waals surface area contributed by atoms with Crippen molar-refractivity contribution in [2.24, 2.45) is 5.73 Å². The summed E-state index contributed by atoms with van der Waals surface area (Å²) in [5.41, 5.74) is 6.42. The molecule has 6 nitrogen and oxygen atoms in total. The molecule has 0 saturated carbocycles. The Morgan fingerprint density at radius 2 is 1.86 bits per heavy atom. The van der Waals surface area contributed by atoms with E-state index in [9.17, 15) is 16.8 Å². The van der Waals surface area contributed by atoms with E-state index in [-0.39, 0.29) is 21.9 Å². The van der Waals surface area contributed by atoms with Crippen molar-refractivity contribution in [3.8, 4) is 0 Å². The minimum atomic E-state index is -3.73. The molecule has 2 N–H and O–H groups in total. The van der Waals surface area contributed by atoms with Gasteiger partial charge < -0.3 is 5.73 Å². The van der Waals surface area contributed by atoms with E-state index in [1.54, 1.807) is 6.92 Å². The standard InChI is InChI=1S/C14H22N2O4S2/c1-10-4-5-13(21(3,17)18)9-14(10)22(19,20)16-7-6-12(15)8-11(16)2/h4-5,9,11-12H,6-8,15H2,1-3H3/t11-,12+/m0/s1. The monoisotopic (exact) mass is 346 g/mol. The third-order valence-electron chi connectivity index (χ3n) is 4.03. The number of hydrogen-bond donors (Lipinski definition) is 1. The molecule has 0 radical (unpaired) electrons. The molecule has 0 aliphatic carbocycles. The summed E-state index contributed by atoms with van der Waals surface area (Å²) >= 11 is 0. The second-order valence-electron chi connectivity index (χ2n) is 5.95. The molecule has 2 atom stereocenters. The van der Waals surface area contributed by atoms with Gasteiger partial charge in [0.25, 0.3) is 0 Å². The van der Waals surface area contributed by atoms with Gasteiger partial charge in [0.1, 0.15) is 0 Å². The van der Waals surface area contributed by atoms with E-state index in [1.165, 1.54) is 22.5 Å². The number of nitrogens with two attached hydrogens (primary N) is 1. The summed E-state index contributed by atoms with van der Waals surface area (Å²) in [6, 6.07) is 4.02. The average Bonchev–Trinajstić information content (AvgIpc) is 2.36. The topological polar surface area (TPSA) is 97.5 Å². The van der Waals surface area contributed by atoms with Crippen molar-refractivity contribution in [3.05, 3.63) is 23.8 Å². The van der Waals surface area contributed by atoms with Crippen molar-refractivity contribution < 1.29 is 16.8 Å². The number of nitrogens with zero attached hydrogens (tertiary/aromatic N) is 1. The second kappa shape index (κ2) is 5.92. The minimum absolute atomic E-state index is 0.00454. The van der Waals surface area contributed by atoms with Crippen molar-refractivity contribution in [2.45, 2.75) is 48.6 Å². The lowest BCUT2D eigenvalue weighted by Gasteiger charge is -2.35. The SMILES string of the molecule is Cc1ccc(S(C)(=O)=O)cc1S(=O)(=O)N1CC[C@@H](N)C[C@@H]1C. The van der Waals surface area contributed by atoms with Crippen LogP contribution >= 0.6 is 0 Å². The maximum absolute atomic E-state index is 12.9. The fraction of sp³-hybridized carbons (Fsp3) is 0.571. The number of benzene rings is 1. The highest BCUT2D eigenvalue weighted by Gasteiger charge is 2.34. The van der Waals surface area contributed by atoms with E-state index in [4.69, 9.17) is 5.73 Å². The quantitative estimate of drug-likeness (QED) is 0.877. The van der Waals surface area contributed by atoms with Gasteiger partial charge in [0.05, 0.1) is 9.79 Å².